The Balaban J connectivity index is 1.73. The van der Waals surface area contributed by atoms with Crippen LogP contribution in [0.4, 0.5) is 16.5 Å². The van der Waals surface area contributed by atoms with E-state index in [1.807, 2.05) is 5.38 Å². The fourth-order valence-electron chi connectivity index (χ4n) is 2.25. The van der Waals surface area contributed by atoms with Crippen molar-refractivity contribution in [3.05, 3.63) is 79.7 Å². The fraction of sp³-hybridized carbons (Fsp3) is 0.0588. The standard InChI is InChI=1S/C17H13N5O4S/c1-11(13-3-2-4-15(9-13)22(25)26)19-20-17-18-16(10-27-17)12-5-7-14(8-6-12)21(23)24/h2-10H,1H3,(H,18,20)/b19-11-. The summed E-state index contributed by atoms with van der Waals surface area (Å²) in [6, 6.07) is 12.3. The average molecular weight is 383 g/mol. The molecular formula is C17H13N5O4S. The third-order valence-electron chi connectivity index (χ3n) is 3.67. The van der Waals surface area contributed by atoms with Gasteiger partial charge in [0.25, 0.3) is 11.4 Å². The third kappa shape index (κ3) is 4.30. The first kappa shape index (κ1) is 18.1. The highest BCUT2D eigenvalue weighted by atomic mass is 32.1. The largest absolute Gasteiger partial charge is 0.270 e. The Morgan fingerprint density at radius 2 is 1.78 bits per heavy atom. The summed E-state index contributed by atoms with van der Waals surface area (Å²) >= 11 is 1.33. The van der Waals surface area contributed by atoms with E-state index in [-0.39, 0.29) is 11.4 Å². The highest BCUT2D eigenvalue weighted by Gasteiger charge is 2.09. The van der Waals surface area contributed by atoms with Crippen LogP contribution in [0.3, 0.4) is 0 Å². The lowest BCUT2D eigenvalue weighted by Gasteiger charge is -2.01. The van der Waals surface area contributed by atoms with Crippen LogP contribution in [0.5, 0.6) is 0 Å². The Kier molecular flexibility index (Phi) is 5.18. The Morgan fingerprint density at radius 1 is 1.07 bits per heavy atom. The van der Waals surface area contributed by atoms with Gasteiger partial charge in [-0.2, -0.15) is 5.10 Å². The van der Waals surface area contributed by atoms with Gasteiger partial charge in [0.2, 0.25) is 5.13 Å². The summed E-state index contributed by atoms with van der Waals surface area (Å²) in [5, 5.41) is 28.1. The average Bonchev–Trinajstić information content (AvgIpc) is 3.15. The molecule has 0 aliphatic heterocycles. The number of hydrogen-bond acceptors (Lipinski definition) is 8. The van der Waals surface area contributed by atoms with Crippen molar-refractivity contribution in [2.75, 3.05) is 5.43 Å². The summed E-state index contributed by atoms with van der Waals surface area (Å²) in [5.74, 6) is 0. The number of thiazole rings is 1. The molecule has 10 heteroatoms. The molecule has 0 fully saturated rings. The van der Waals surface area contributed by atoms with Crippen molar-refractivity contribution in [3.8, 4) is 11.3 Å². The van der Waals surface area contributed by atoms with Crippen LogP contribution in [0.1, 0.15) is 12.5 Å². The molecule has 0 aliphatic carbocycles. The fourth-order valence-corrected chi connectivity index (χ4v) is 2.91. The minimum Gasteiger partial charge on any atom is -0.258 e. The maximum atomic E-state index is 10.9. The van der Waals surface area contributed by atoms with Crippen LogP contribution in [0.2, 0.25) is 0 Å². The smallest absolute Gasteiger partial charge is 0.258 e. The van der Waals surface area contributed by atoms with Crippen LogP contribution in [0.25, 0.3) is 11.3 Å². The van der Waals surface area contributed by atoms with Crippen molar-refractivity contribution < 1.29 is 9.85 Å². The molecular weight excluding hydrogens is 370 g/mol. The Bertz CT molecular complexity index is 1030. The van der Waals surface area contributed by atoms with Crippen LogP contribution < -0.4 is 5.43 Å². The zero-order valence-electron chi connectivity index (χ0n) is 14.0. The van der Waals surface area contributed by atoms with Gasteiger partial charge >= 0.3 is 0 Å². The zero-order valence-corrected chi connectivity index (χ0v) is 14.8. The number of non-ortho nitro benzene ring substituents is 2. The van der Waals surface area contributed by atoms with E-state index in [0.29, 0.717) is 22.1 Å². The van der Waals surface area contributed by atoms with E-state index in [0.717, 1.165) is 5.56 Å². The van der Waals surface area contributed by atoms with E-state index >= 15 is 0 Å². The van der Waals surface area contributed by atoms with Gasteiger partial charge in [-0.15, -0.1) is 11.3 Å². The van der Waals surface area contributed by atoms with Gasteiger partial charge in [0.15, 0.2) is 0 Å². The molecule has 3 rings (SSSR count). The van der Waals surface area contributed by atoms with Crippen molar-refractivity contribution in [1.29, 1.82) is 0 Å². The van der Waals surface area contributed by atoms with Crippen LogP contribution in [-0.4, -0.2) is 20.5 Å². The number of hydrazone groups is 1. The van der Waals surface area contributed by atoms with Crippen molar-refractivity contribution in [3.63, 3.8) is 0 Å². The number of benzene rings is 2. The molecule has 0 unspecified atom stereocenters. The molecule has 2 aromatic carbocycles. The second-order valence-corrected chi connectivity index (χ2v) is 6.32. The predicted molar refractivity (Wildman–Crippen MR) is 103 cm³/mol. The Labute approximate surface area is 157 Å². The molecule has 3 aromatic rings. The lowest BCUT2D eigenvalue weighted by atomic mass is 10.1. The topological polar surface area (TPSA) is 124 Å². The number of anilines is 1. The molecule has 1 heterocycles. The molecule has 1 N–H and O–H groups in total. The minimum absolute atomic E-state index is 0.00300. The molecule has 0 bridgehead atoms. The number of aromatic nitrogens is 1. The molecule has 9 nitrogen and oxygen atoms in total. The summed E-state index contributed by atoms with van der Waals surface area (Å²) in [7, 11) is 0. The van der Waals surface area contributed by atoms with Crippen molar-refractivity contribution in [2.24, 2.45) is 5.10 Å². The van der Waals surface area contributed by atoms with E-state index in [1.54, 1.807) is 31.2 Å². The highest BCUT2D eigenvalue weighted by Crippen LogP contribution is 2.26. The predicted octanol–water partition coefficient (Wildman–Crippen LogP) is 4.46. The van der Waals surface area contributed by atoms with E-state index in [2.05, 4.69) is 15.5 Å². The molecule has 0 amide bonds. The SMILES string of the molecule is C/C(=N/Nc1nc(-c2ccc([N+](=O)[O-])cc2)cs1)c1cccc([N+](=O)[O-])c1. The van der Waals surface area contributed by atoms with Gasteiger partial charge in [0.05, 0.1) is 21.3 Å². The van der Waals surface area contributed by atoms with Crippen LogP contribution >= 0.6 is 11.3 Å². The number of nitro groups is 2. The number of rotatable bonds is 6. The third-order valence-corrected chi connectivity index (χ3v) is 4.42. The van der Waals surface area contributed by atoms with Gasteiger partial charge in [-0.05, 0) is 19.1 Å². The number of nitrogens with one attached hydrogen (secondary N) is 1. The van der Waals surface area contributed by atoms with Crippen LogP contribution in [-0.2, 0) is 0 Å². The van der Waals surface area contributed by atoms with Crippen LogP contribution in [0, 0.1) is 20.2 Å². The lowest BCUT2D eigenvalue weighted by molar-refractivity contribution is -0.385. The normalized spacial score (nSPS) is 11.2. The maximum Gasteiger partial charge on any atom is 0.270 e. The molecule has 0 atom stereocenters. The van der Waals surface area contributed by atoms with E-state index in [4.69, 9.17) is 0 Å². The number of hydrogen-bond donors (Lipinski definition) is 1. The second kappa shape index (κ2) is 7.70. The minimum atomic E-state index is -0.457. The molecule has 27 heavy (non-hydrogen) atoms. The van der Waals surface area contributed by atoms with Crippen molar-refractivity contribution in [1.82, 2.24) is 4.98 Å². The second-order valence-electron chi connectivity index (χ2n) is 5.46. The Morgan fingerprint density at radius 3 is 2.44 bits per heavy atom. The summed E-state index contributed by atoms with van der Waals surface area (Å²) in [6.45, 7) is 1.73. The summed E-state index contributed by atoms with van der Waals surface area (Å²) in [4.78, 5) is 25.0. The molecule has 0 aliphatic rings. The first-order chi connectivity index (χ1) is 12.9. The first-order valence-corrected chi connectivity index (χ1v) is 8.57. The molecule has 0 saturated heterocycles. The molecule has 0 radical (unpaired) electrons. The molecule has 136 valence electrons. The van der Waals surface area contributed by atoms with Gasteiger partial charge in [-0.25, -0.2) is 4.98 Å². The van der Waals surface area contributed by atoms with Gasteiger partial charge in [-0.3, -0.25) is 25.7 Å². The van der Waals surface area contributed by atoms with E-state index in [9.17, 15) is 20.2 Å². The summed E-state index contributed by atoms with van der Waals surface area (Å²) in [6.07, 6.45) is 0. The van der Waals surface area contributed by atoms with E-state index in [1.165, 1.54) is 35.6 Å². The lowest BCUT2D eigenvalue weighted by Crippen LogP contribution is -2.00. The van der Waals surface area contributed by atoms with Gasteiger partial charge < -0.3 is 0 Å². The molecule has 1 aromatic heterocycles. The van der Waals surface area contributed by atoms with Gasteiger partial charge in [-0.1, -0.05) is 12.1 Å². The van der Waals surface area contributed by atoms with Gasteiger partial charge in [0, 0.05) is 40.8 Å². The monoisotopic (exact) mass is 383 g/mol. The number of nitro benzene ring substituents is 2. The summed E-state index contributed by atoms with van der Waals surface area (Å²) in [5.41, 5.74) is 5.47. The van der Waals surface area contributed by atoms with Gasteiger partial charge in [0.1, 0.15) is 0 Å². The van der Waals surface area contributed by atoms with E-state index < -0.39 is 9.85 Å². The number of nitrogens with zero attached hydrogens (tertiary/aromatic N) is 4. The summed E-state index contributed by atoms with van der Waals surface area (Å²) < 4.78 is 0. The molecule has 0 spiro atoms. The Hall–Kier alpha value is -3.66. The quantitative estimate of drug-likeness (QED) is 0.381. The highest BCUT2D eigenvalue weighted by molar-refractivity contribution is 7.14. The van der Waals surface area contributed by atoms with Crippen molar-refractivity contribution in [2.45, 2.75) is 6.92 Å². The van der Waals surface area contributed by atoms with Crippen molar-refractivity contribution >= 4 is 33.6 Å². The maximum absolute atomic E-state index is 10.9. The van der Waals surface area contributed by atoms with Crippen LogP contribution in [0.15, 0.2) is 59.0 Å². The first-order valence-electron chi connectivity index (χ1n) is 7.69. The zero-order chi connectivity index (χ0) is 19.4. The molecule has 0 saturated carbocycles.